The van der Waals surface area contributed by atoms with Crippen LogP contribution in [0.25, 0.3) is 0 Å². The molecule has 0 spiro atoms. The first kappa shape index (κ1) is 22.0. The molecule has 168 valence electrons. The van der Waals surface area contributed by atoms with Crippen molar-refractivity contribution in [2.24, 2.45) is 0 Å². The molecular weight excluding hydrogens is 420 g/mol. The van der Waals surface area contributed by atoms with E-state index in [1.54, 1.807) is 17.0 Å². The Morgan fingerprint density at radius 3 is 2.81 bits per heavy atom. The van der Waals surface area contributed by atoms with Gasteiger partial charge in [0.05, 0.1) is 28.8 Å². The van der Waals surface area contributed by atoms with Crippen molar-refractivity contribution in [2.45, 2.75) is 69.7 Å². The second kappa shape index (κ2) is 8.76. The van der Waals surface area contributed by atoms with Crippen molar-refractivity contribution in [3.8, 4) is 0 Å². The van der Waals surface area contributed by atoms with Gasteiger partial charge in [0.15, 0.2) is 5.96 Å². The van der Waals surface area contributed by atoms with Gasteiger partial charge in [-0.1, -0.05) is 23.7 Å². The summed E-state index contributed by atoms with van der Waals surface area (Å²) in [7, 11) is 0. The van der Waals surface area contributed by atoms with E-state index >= 15 is 0 Å². The number of ether oxygens (including phenoxy) is 2. The second-order valence-corrected chi connectivity index (χ2v) is 9.14. The van der Waals surface area contributed by atoms with E-state index in [4.69, 9.17) is 26.5 Å². The number of benzene rings is 1. The van der Waals surface area contributed by atoms with E-state index in [1.165, 1.54) is 0 Å². The monoisotopic (exact) mass is 448 g/mol. The third kappa shape index (κ3) is 4.42. The number of anilines is 1. The predicted octanol–water partition coefficient (Wildman–Crippen LogP) is 3.00. The minimum Gasteiger partial charge on any atom is -0.378 e. The number of guanidine groups is 1. The van der Waals surface area contributed by atoms with Gasteiger partial charge in [0.25, 0.3) is 5.91 Å². The van der Waals surface area contributed by atoms with E-state index in [-0.39, 0.29) is 36.3 Å². The molecule has 1 aromatic carbocycles. The Balaban J connectivity index is 1.53. The normalized spacial score (nSPS) is 31.5. The number of carbonyl (C=O) groups is 2. The lowest BCUT2D eigenvalue weighted by Gasteiger charge is -2.45. The molecule has 3 N–H and O–H groups in total. The van der Waals surface area contributed by atoms with E-state index in [2.05, 4.69) is 10.6 Å². The molecule has 3 heterocycles. The largest absolute Gasteiger partial charge is 0.378 e. The zero-order chi connectivity index (χ0) is 22.2. The van der Waals surface area contributed by atoms with Gasteiger partial charge >= 0.3 is 0 Å². The van der Waals surface area contributed by atoms with Gasteiger partial charge in [-0.15, -0.1) is 0 Å². The lowest BCUT2D eigenvalue weighted by molar-refractivity contribution is -0.134. The third-order valence-electron chi connectivity index (χ3n) is 6.30. The topological polar surface area (TPSA) is 104 Å². The van der Waals surface area contributed by atoms with Crippen molar-refractivity contribution in [1.82, 2.24) is 10.2 Å². The quantitative estimate of drug-likeness (QED) is 0.656. The first-order valence-electron chi connectivity index (χ1n) is 10.8. The summed E-state index contributed by atoms with van der Waals surface area (Å²) in [5.41, 5.74) is 0.281. The molecule has 0 saturated carbocycles. The highest BCUT2D eigenvalue weighted by atomic mass is 35.5. The molecule has 31 heavy (non-hydrogen) atoms. The summed E-state index contributed by atoms with van der Waals surface area (Å²) in [4.78, 5) is 27.1. The SMILES string of the molecule is C[C@@H]1C[C@H](N2C(=N)N[C@](C)(c3cccc(NC(=O)[C@H]4CCCO4)c3Cl)CC2=O)CCO1. The summed E-state index contributed by atoms with van der Waals surface area (Å²) in [5.74, 6) is -0.264. The summed E-state index contributed by atoms with van der Waals surface area (Å²) in [6.45, 7) is 5.01. The van der Waals surface area contributed by atoms with Crippen LogP contribution in [0.3, 0.4) is 0 Å². The van der Waals surface area contributed by atoms with Gasteiger partial charge in [0, 0.05) is 19.3 Å². The number of hydrogen-bond donors (Lipinski definition) is 3. The Bertz CT molecular complexity index is 868. The van der Waals surface area contributed by atoms with E-state index in [9.17, 15) is 9.59 Å². The molecule has 3 aliphatic rings. The van der Waals surface area contributed by atoms with Crippen LogP contribution in [0, 0.1) is 5.41 Å². The molecule has 2 amide bonds. The summed E-state index contributed by atoms with van der Waals surface area (Å²) >= 11 is 6.67. The van der Waals surface area contributed by atoms with E-state index in [0.29, 0.717) is 48.7 Å². The molecule has 3 saturated heterocycles. The maximum Gasteiger partial charge on any atom is 0.253 e. The molecule has 0 unspecified atom stereocenters. The minimum absolute atomic E-state index is 0.0479. The summed E-state index contributed by atoms with van der Waals surface area (Å²) in [5, 5.41) is 15.0. The van der Waals surface area contributed by atoms with Gasteiger partial charge in [0.1, 0.15) is 6.10 Å². The number of nitrogens with zero attached hydrogens (tertiary/aromatic N) is 1. The maximum atomic E-state index is 13.1. The first-order chi connectivity index (χ1) is 14.8. The van der Waals surface area contributed by atoms with Crippen LogP contribution >= 0.6 is 11.6 Å². The van der Waals surface area contributed by atoms with E-state index in [0.717, 1.165) is 6.42 Å². The van der Waals surface area contributed by atoms with Crippen LogP contribution in [-0.4, -0.2) is 54.1 Å². The highest BCUT2D eigenvalue weighted by Gasteiger charge is 2.44. The zero-order valence-corrected chi connectivity index (χ0v) is 18.6. The highest BCUT2D eigenvalue weighted by Crippen LogP contribution is 2.38. The van der Waals surface area contributed by atoms with Gasteiger partial charge in [-0.3, -0.25) is 19.9 Å². The summed E-state index contributed by atoms with van der Waals surface area (Å²) < 4.78 is 11.0. The third-order valence-corrected chi connectivity index (χ3v) is 6.71. The Labute approximate surface area is 187 Å². The molecule has 9 heteroatoms. The molecule has 3 aliphatic heterocycles. The van der Waals surface area contributed by atoms with E-state index in [1.807, 2.05) is 19.9 Å². The second-order valence-electron chi connectivity index (χ2n) is 8.76. The average molecular weight is 449 g/mol. The van der Waals surface area contributed by atoms with Crippen LogP contribution in [0.15, 0.2) is 18.2 Å². The molecule has 8 nitrogen and oxygen atoms in total. The van der Waals surface area contributed by atoms with E-state index < -0.39 is 11.6 Å². The average Bonchev–Trinajstić information content (AvgIpc) is 3.24. The molecule has 3 fully saturated rings. The number of rotatable bonds is 4. The van der Waals surface area contributed by atoms with Gasteiger partial charge < -0.3 is 20.1 Å². The van der Waals surface area contributed by atoms with Gasteiger partial charge in [-0.2, -0.15) is 0 Å². The van der Waals surface area contributed by atoms with Crippen molar-refractivity contribution in [1.29, 1.82) is 5.41 Å². The van der Waals surface area contributed by atoms with Crippen molar-refractivity contribution >= 4 is 35.1 Å². The van der Waals surface area contributed by atoms with Crippen LogP contribution in [0.5, 0.6) is 0 Å². The number of nitrogens with one attached hydrogen (secondary N) is 3. The summed E-state index contributed by atoms with van der Waals surface area (Å²) in [6.07, 6.45) is 2.72. The lowest BCUT2D eigenvalue weighted by Crippen LogP contribution is -2.63. The van der Waals surface area contributed by atoms with Gasteiger partial charge in [0.2, 0.25) is 5.91 Å². The Hall–Kier alpha value is -2.16. The van der Waals surface area contributed by atoms with Crippen molar-refractivity contribution in [3.05, 3.63) is 28.8 Å². The van der Waals surface area contributed by atoms with Crippen molar-refractivity contribution in [2.75, 3.05) is 18.5 Å². The van der Waals surface area contributed by atoms with Crippen molar-refractivity contribution in [3.63, 3.8) is 0 Å². The Morgan fingerprint density at radius 2 is 2.13 bits per heavy atom. The maximum absolute atomic E-state index is 13.1. The highest BCUT2D eigenvalue weighted by molar-refractivity contribution is 6.34. The smallest absolute Gasteiger partial charge is 0.253 e. The lowest BCUT2D eigenvalue weighted by atomic mass is 9.85. The molecule has 4 rings (SSSR count). The van der Waals surface area contributed by atoms with Gasteiger partial charge in [-0.25, -0.2) is 0 Å². The van der Waals surface area contributed by atoms with Gasteiger partial charge in [-0.05, 0) is 51.2 Å². The molecule has 0 bridgehead atoms. The number of carbonyl (C=O) groups excluding carboxylic acids is 2. The molecule has 0 aliphatic carbocycles. The van der Waals surface area contributed by atoms with Crippen molar-refractivity contribution < 1.29 is 19.1 Å². The summed E-state index contributed by atoms with van der Waals surface area (Å²) in [6, 6.07) is 5.30. The minimum atomic E-state index is -0.858. The molecule has 0 radical (unpaired) electrons. The van der Waals surface area contributed by atoms with Crippen LogP contribution in [0.2, 0.25) is 5.02 Å². The van der Waals surface area contributed by atoms with Crippen LogP contribution in [-0.2, 0) is 24.6 Å². The zero-order valence-electron chi connectivity index (χ0n) is 17.9. The standard InChI is InChI=1S/C22H29ClN4O4/c1-13-11-14(8-10-30-13)27-18(28)12-22(2,26-21(27)24)15-5-3-6-16(19(15)23)25-20(29)17-7-4-9-31-17/h3,5-6,13-14,17H,4,7-12H2,1-2H3,(H2,24,26)(H,25,29)/t13-,14-,17-,22+/m1/s1. The number of halogens is 1. The molecular formula is C22H29ClN4O4. The molecule has 0 aromatic heterocycles. The fourth-order valence-corrected chi connectivity index (χ4v) is 5.07. The predicted molar refractivity (Wildman–Crippen MR) is 117 cm³/mol. The van der Waals surface area contributed by atoms with Crippen LogP contribution in [0.4, 0.5) is 5.69 Å². The van der Waals surface area contributed by atoms with Crippen LogP contribution < -0.4 is 10.6 Å². The fourth-order valence-electron chi connectivity index (χ4n) is 4.69. The van der Waals surface area contributed by atoms with Crippen LogP contribution in [0.1, 0.15) is 51.5 Å². The fraction of sp³-hybridized carbons (Fsp3) is 0.591. The number of amides is 2. The molecule has 1 aromatic rings. The Morgan fingerprint density at radius 1 is 1.32 bits per heavy atom. The Kier molecular flexibility index (Phi) is 6.23. The first-order valence-corrected chi connectivity index (χ1v) is 11.2. The molecule has 4 atom stereocenters. The number of hydrogen-bond acceptors (Lipinski definition) is 5.